The van der Waals surface area contributed by atoms with Crippen molar-refractivity contribution in [2.24, 2.45) is 5.92 Å². The van der Waals surface area contributed by atoms with Crippen molar-refractivity contribution in [3.05, 3.63) is 59.7 Å². The first-order valence-corrected chi connectivity index (χ1v) is 9.59. The zero-order valence-corrected chi connectivity index (χ0v) is 16.6. The molecule has 0 fully saturated rings. The number of carbonyl (C=O) groups is 1. The van der Waals surface area contributed by atoms with Gasteiger partial charge in [0, 0.05) is 18.1 Å². The van der Waals surface area contributed by atoms with Crippen LogP contribution in [0.4, 0.5) is 0 Å². The van der Waals surface area contributed by atoms with Gasteiger partial charge >= 0.3 is 0 Å². The van der Waals surface area contributed by atoms with E-state index in [0.29, 0.717) is 13.2 Å². The van der Waals surface area contributed by atoms with Crippen molar-refractivity contribution < 1.29 is 19.0 Å². The monoisotopic (exact) mass is 381 g/mol. The zero-order chi connectivity index (χ0) is 19.9. The van der Waals surface area contributed by atoms with E-state index in [9.17, 15) is 4.79 Å². The maximum Gasteiger partial charge on any atom is 0.244 e. The van der Waals surface area contributed by atoms with E-state index in [1.807, 2.05) is 42.5 Å². The number of hydrogen-bond donors (Lipinski definition) is 1. The third-order valence-corrected chi connectivity index (χ3v) is 4.65. The molecule has 2 aromatic carbocycles. The minimum Gasteiger partial charge on any atom is -0.496 e. The molecule has 148 valence electrons. The van der Waals surface area contributed by atoms with Gasteiger partial charge < -0.3 is 19.5 Å². The lowest BCUT2D eigenvalue weighted by Gasteiger charge is -2.23. The summed E-state index contributed by atoms with van der Waals surface area (Å²) in [5, 5.41) is 3.10. The van der Waals surface area contributed by atoms with Gasteiger partial charge in [0.1, 0.15) is 5.75 Å². The highest BCUT2D eigenvalue weighted by Crippen LogP contribution is 2.34. The quantitative estimate of drug-likeness (QED) is 0.755. The molecular formula is C23H27NO4. The second-order valence-corrected chi connectivity index (χ2v) is 7.06. The second kappa shape index (κ2) is 9.31. The van der Waals surface area contributed by atoms with Crippen LogP contribution in [0.5, 0.6) is 17.2 Å². The number of hydrogen-bond acceptors (Lipinski definition) is 4. The third kappa shape index (κ3) is 4.85. The van der Waals surface area contributed by atoms with Crippen LogP contribution in [-0.4, -0.2) is 26.2 Å². The van der Waals surface area contributed by atoms with E-state index in [1.54, 1.807) is 13.2 Å². The SMILES string of the molecule is COc1ccccc1/C=C/C(=O)NC(c1ccc2c(c1)OCCCO2)C(C)C. The number of ether oxygens (including phenoxy) is 3. The average molecular weight is 381 g/mol. The normalized spacial score (nSPS) is 14.6. The summed E-state index contributed by atoms with van der Waals surface area (Å²) in [5.41, 5.74) is 1.86. The van der Waals surface area contributed by atoms with E-state index < -0.39 is 0 Å². The first-order chi connectivity index (χ1) is 13.6. The number of benzene rings is 2. The van der Waals surface area contributed by atoms with Gasteiger partial charge in [0.15, 0.2) is 11.5 Å². The van der Waals surface area contributed by atoms with Crippen LogP contribution in [0.1, 0.15) is 37.4 Å². The smallest absolute Gasteiger partial charge is 0.244 e. The molecule has 0 aliphatic carbocycles. The Morgan fingerprint density at radius 2 is 1.86 bits per heavy atom. The Labute approximate surface area is 166 Å². The van der Waals surface area contributed by atoms with E-state index in [2.05, 4.69) is 19.2 Å². The lowest BCUT2D eigenvalue weighted by atomic mass is 9.95. The Morgan fingerprint density at radius 3 is 2.61 bits per heavy atom. The molecule has 0 radical (unpaired) electrons. The van der Waals surface area contributed by atoms with Crippen LogP contribution in [0.3, 0.4) is 0 Å². The van der Waals surface area contributed by atoms with Gasteiger partial charge in [-0.2, -0.15) is 0 Å². The van der Waals surface area contributed by atoms with Crippen molar-refractivity contribution in [2.75, 3.05) is 20.3 Å². The van der Waals surface area contributed by atoms with Gasteiger partial charge in [0.2, 0.25) is 5.91 Å². The summed E-state index contributed by atoms with van der Waals surface area (Å²) in [6.07, 6.45) is 4.16. The van der Waals surface area contributed by atoms with E-state index in [4.69, 9.17) is 14.2 Å². The highest BCUT2D eigenvalue weighted by Gasteiger charge is 2.20. The summed E-state index contributed by atoms with van der Waals surface area (Å²) in [6.45, 7) is 5.46. The molecule has 1 amide bonds. The summed E-state index contributed by atoms with van der Waals surface area (Å²) >= 11 is 0. The Morgan fingerprint density at radius 1 is 1.11 bits per heavy atom. The van der Waals surface area contributed by atoms with E-state index in [0.717, 1.165) is 34.8 Å². The van der Waals surface area contributed by atoms with Gasteiger partial charge in [-0.05, 0) is 35.8 Å². The number of fused-ring (bicyclic) bond motifs is 1. The number of rotatable bonds is 6. The topological polar surface area (TPSA) is 56.8 Å². The van der Waals surface area contributed by atoms with Crippen molar-refractivity contribution in [3.63, 3.8) is 0 Å². The molecule has 1 heterocycles. The largest absolute Gasteiger partial charge is 0.496 e. The second-order valence-electron chi connectivity index (χ2n) is 7.06. The lowest BCUT2D eigenvalue weighted by molar-refractivity contribution is -0.117. The number of methoxy groups -OCH3 is 1. The number of amides is 1. The maximum absolute atomic E-state index is 12.6. The van der Waals surface area contributed by atoms with Gasteiger partial charge in [0.25, 0.3) is 0 Å². The summed E-state index contributed by atoms with van der Waals surface area (Å²) < 4.78 is 16.8. The Balaban J connectivity index is 1.75. The molecule has 1 unspecified atom stereocenters. The van der Waals surface area contributed by atoms with E-state index >= 15 is 0 Å². The van der Waals surface area contributed by atoms with Gasteiger partial charge in [-0.3, -0.25) is 4.79 Å². The maximum atomic E-state index is 12.6. The van der Waals surface area contributed by atoms with E-state index in [-0.39, 0.29) is 17.9 Å². The Kier molecular flexibility index (Phi) is 6.58. The van der Waals surface area contributed by atoms with Gasteiger partial charge in [-0.25, -0.2) is 0 Å². The fourth-order valence-electron chi connectivity index (χ4n) is 3.18. The lowest BCUT2D eigenvalue weighted by Crippen LogP contribution is -2.30. The van der Waals surface area contributed by atoms with Crippen LogP contribution in [0.25, 0.3) is 6.08 Å². The number of nitrogens with one attached hydrogen (secondary N) is 1. The van der Waals surface area contributed by atoms with Gasteiger partial charge in [-0.15, -0.1) is 0 Å². The predicted octanol–water partition coefficient (Wildman–Crippen LogP) is 4.38. The molecule has 0 bridgehead atoms. The third-order valence-electron chi connectivity index (χ3n) is 4.65. The highest BCUT2D eigenvalue weighted by molar-refractivity contribution is 5.92. The van der Waals surface area contributed by atoms with Crippen LogP contribution >= 0.6 is 0 Å². The fraction of sp³-hybridized carbons (Fsp3) is 0.348. The molecule has 0 saturated heterocycles. The van der Waals surface area contributed by atoms with E-state index in [1.165, 1.54) is 6.08 Å². The molecule has 1 aliphatic heterocycles. The van der Waals surface area contributed by atoms with Gasteiger partial charge in [0.05, 0.1) is 26.4 Å². The first-order valence-electron chi connectivity index (χ1n) is 9.59. The molecule has 5 heteroatoms. The van der Waals surface area contributed by atoms with Crippen molar-refractivity contribution in [3.8, 4) is 17.2 Å². The average Bonchev–Trinajstić information content (AvgIpc) is 2.95. The zero-order valence-electron chi connectivity index (χ0n) is 16.6. The molecule has 5 nitrogen and oxygen atoms in total. The van der Waals surface area contributed by atoms with Gasteiger partial charge in [-0.1, -0.05) is 38.1 Å². The summed E-state index contributed by atoms with van der Waals surface area (Å²) in [6, 6.07) is 13.3. The fourth-order valence-corrected chi connectivity index (χ4v) is 3.18. The molecule has 3 rings (SSSR count). The molecule has 28 heavy (non-hydrogen) atoms. The van der Waals surface area contributed by atoms with Crippen molar-refractivity contribution in [2.45, 2.75) is 26.3 Å². The molecular weight excluding hydrogens is 354 g/mol. The van der Waals surface area contributed by atoms with Crippen LogP contribution < -0.4 is 19.5 Å². The Hall–Kier alpha value is -2.95. The Bertz CT molecular complexity index is 844. The van der Waals surface area contributed by atoms with Crippen LogP contribution in [0.15, 0.2) is 48.5 Å². The molecule has 0 saturated carbocycles. The highest BCUT2D eigenvalue weighted by atomic mass is 16.5. The standard InChI is InChI=1S/C23H27NO4/c1-16(2)23(18-9-11-20-21(15-18)28-14-6-13-27-20)24-22(25)12-10-17-7-4-5-8-19(17)26-3/h4-5,7-12,15-16,23H,6,13-14H2,1-3H3,(H,24,25)/b12-10+. The first kappa shape index (κ1) is 19.8. The summed E-state index contributed by atoms with van der Waals surface area (Å²) in [5.74, 6) is 2.28. The number of para-hydroxylation sites is 1. The summed E-state index contributed by atoms with van der Waals surface area (Å²) in [4.78, 5) is 12.6. The molecule has 0 spiro atoms. The molecule has 2 aromatic rings. The summed E-state index contributed by atoms with van der Waals surface area (Å²) in [7, 11) is 1.62. The van der Waals surface area contributed by atoms with Crippen molar-refractivity contribution in [1.82, 2.24) is 5.32 Å². The molecule has 1 aliphatic rings. The predicted molar refractivity (Wildman–Crippen MR) is 110 cm³/mol. The molecule has 0 aromatic heterocycles. The number of carbonyl (C=O) groups excluding carboxylic acids is 1. The van der Waals surface area contributed by atoms with Crippen molar-refractivity contribution >= 4 is 12.0 Å². The van der Waals surface area contributed by atoms with Crippen LogP contribution in [-0.2, 0) is 4.79 Å². The van der Waals surface area contributed by atoms with Crippen LogP contribution in [0.2, 0.25) is 0 Å². The molecule has 1 N–H and O–H groups in total. The minimum absolute atomic E-state index is 0.132. The van der Waals surface area contributed by atoms with Crippen LogP contribution in [0, 0.1) is 5.92 Å². The minimum atomic E-state index is -0.156. The molecule has 1 atom stereocenters. The van der Waals surface area contributed by atoms with Crippen molar-refractivity contribution in [1.29, 1.82) is 0 Å².